The van der Waals surface area contributed by atoms with Crippen molar-refractivity contribution in [3.63, 3.8) is 0 Å². The fraction of sp³-hybridized carbons (Fsp3) is 0.923. The Balaban J connectivity index is 1.76. The molecule has 2 saturated carbocycles. The van der Waals surface area contributed by atoms with Crippen LogP contribution in [0.5, 0.6) is 0 Å². The molecule has 2 aliphatic carbocycles. The highest BCUT2D eigenvalue weighted by atomic mass is 16.7. The van der Waals surface area contributed by atoms with Crippen molar-refractivity contribution in [2.45, 2.75) is 75.6 Å². The van der Waals surface area contributed by atoms with E-state index < -0.39 is 5.60 Å². The largest absolute Gasteiger partial charge is 0.460 e. The lowest BCUT2D eigenvalue weighted by Crippen LogP contribution is -2.35. The van der Waals surface area contributed by atoms with Gasteiger partial charge in [-0.05, 0) is 38.5 Å². The Morgan fingerprint density at radius 1 is 1.31 bits per heavy atom. The normalized spacial score (nSPS) is 42.1. The Kier molecular flexibility index (Phi) is 2.29. The summed E-state index contributed by atoms with van der Waals surface area (Å²) in [4.78, 5) is 12.2. The van der Waals surface area contributed by atoms with Crippen LogP contribution in [0.4, 0.5) is 0 Å². The van der Waals surface area contributed by atoms with E-state index in [9.17, 15) is 4.79 Å². The molecule has 0 N–H and O–H groups in total. The predicted octanol–water partition coefficient (Wildman–Crippen LogP) is 2.57. The number of rotatable bonds is 3. The molecule has 0 amide bonds. The van der Waals surface area contributed by atoms with Gasteiger partial charge in [0, 0.05) is 0 Å². The average molecular weight is 224 g/mol. The van der Waals surface area contributed by atoms with E-state index in [1.54, 1.807) is 0 Å². The molecule has 3 nitrogen and oxygen atoms in total. The molecular formula is C13H20O3. The van der Waals surface area contributed by atoms with Gasteiger partial charge in [0.05, 0.1) is 0 Å². The van der Waals surface area contributed by atoms with Gasteiger partial charge in [-0.15, -0.1) is 0 Å². The molecule has 0 radical (unpaired) electrons. The summed E-state index contributed by atoms with van der Waals surface area (Å²) in [6, 6.07) is 0. The first-order valence-corrected chi connectivity index (χ1v) is 6.64. The van der Waals surface area contributed by atoms with E-state index in [-0.39, 0.29) is 17.7 Å². The van der Waals surface area contributed by atoms with Gasteiger partial charge in [-0.2, -0.15) is 0 Å². The van der Waals surface area contributed by atoms with Crippen molar-refractivity contribution in [1.29, 1.82) is 0 Å². The molecule has 0 bridgehead atoms. The summed E-state index contributed by atoms with van der Waals surface area (Å²) in [6.07, 6.45) is 8.63. The van der Waals surface area contributed by atoms with Crippen molar-refractivity contribution < 1.29 is 14.3 Å². The van der Waals surface area contributed by atoms with Crippen molar-refractivity contribution in [3.05, 3.63) is 0 Å². The van der Waals surface area contributed by atoms with Gasteiger partial charge < -0.3 is 9.47 Å². The minimum atomic E-state index is -0.555. The number of hydrogen-bond donors (Lipinski definition) is 0. The van der Waals surface area contributed by atoms with Crippen molar-refractivity contribution in [2.24, 2.45) is 0 Å². The highest BCUT2D eigenvalue weighted by Crippen LogP contribution is 2.59. The lowest BCUT2D eigenvalue weighted by Gasteiger charge is -2.15. The number of hydrogen-bond acceptors (Lipinski definition) is 3. The summed E-state index contributed by atoms with van der Waals surface area (Å²) in [5.74, 6) is -0.0706. The maximum absolute atomic E-state index is 12.2. The Morgan fingerprint density at radius 2 is 2.06 bits per heavy atom. The second-order valence-corrected chi connectivity index (χ2v) is 5.44. The van der Waals surface area contributed by atoms with E-state index in [0.717, 1.165) is 38.5 Å². The molecule has 0 aromatic carbocycles. The molecule has 0 aromatic rings. The standard InChI is InChI=1S/C13H20O3/c1-2-12-8-4-3-5-9-13(12,16-12)11(14)15-10-6-7-10/h10H,2-9H2,1H3. The van der Waals surface area contributed by atoms with Gasteiger partial charge in [0.15, 0.2) is 5.60 Å². The number of epoxide rings is 1. The van der Waals surface area contributed by atoms with Crippen LogP contribution in [0.3, 0.4) is 0 Å². The van der Waals surface area contributed by atoms with Gasteiger partial charge >= 0.3 is 5.97 Å². The first kappa shape index (κ1) is 10.6. The van der Waals surface area contributed by atoms with Gasteiger partial charge in [0.1, 0.15) is 11.7 Å². The molecule has 90 valence electrons. The number of esters is 1. The van der Waals surface area contributed by atoms with Crippen LogP contribution in [-0.2, 0) is 14.3 Å². The maximum Gasteiger partial charge on any atom is 0.341 e. The highest BCUT2D eigenvalue weighted by Gasteiger charge is 2.74. The Morgan fingerprint density at radius 3 is 2.75 bits per heavy atom. The van der Waals surface area contributed by atoms with Crippen molar-refractivity contribution in [1.82, 2.24) is 0 Å². The van der Waals surface area contributed by atoms with Crippen LogP contribution in [0.2, 0.25) is 0 Å². The molecule has 16 heavy (non-hydrogen) atoms. The van der Waals surface area contributed by atoms with Crippen LogP contribution in [0.25, 0.3) is 0 Å². The second-order valence-electron chi connectivity index (χ2n) is 5.44. The first-order valence-electron chi connectivity index (χ1n) is 6.64. The van der Waals surface area contributed by atoms with E-state index in [1.807, 2.05) is 0 Å². The van der Waals surface area contributed by atoms with Crippen molar-refractivity contribution >= 4 is 5.97 Å². The van der Waals surface area contributed by atoms with E-state index in [1.165, 1.54) is 12.8 Å². The summed E-state index contributed by atoms with van der Waals surface area (Å²) in [5, 5.41) is 0. The van der Waals surface area contributed by atoms with Crippen LogP contribution in [0.15, 0.2) is 0 Å². The van der Waals surface area contributed by atoms with Crippen LogP contribution in [-0.4, -0.2) is 23.3 Å². The Bertz CT molecular complexity index is 306. The van der Waals surface area contributed by atoms with Gasteiger partial charge in [-0.25, -0.2) is 4.79 Å². The fourth-order valence-electron chi connectivity index (χ4n) is 3.10. The minimum absolute atomic E-state index is 0.0706. The molecule has 3 aliphatic rings. The summed E-state index contributed by atoms with van der Waals surface area (Å²) >= 11 is 0. The lowest BCUT2D eigenvalue weighted by molar-refractivity contribution is -0.151. The molecule has 0 aromatic heterocycles. The smallest absolute Gasteiger partial charge is 0.341 e. The first-order chi connectivity index (χ1) is 7.72. The molecule has 0 spiro atoms. The molecule has 3 heteroatoms. The molecule has 3 rings (SSSR count). The lowest BCUT2D eigenvalue weighted by atomic mass is 9.86. The topological polar surface area (TPSA) is 38.8 Å². The Hall–Kier alpha value is -0.570. The van der Waals surface area contributed by atoms with Gasteiger partial charge in [-0.1, -0.05) is 19.8 Å². The molecule has 2 unspecified atom stereocenters. The van der Waals surface area contributed by atoms with Crippen molar-refractivity contribution in [3.8, 4) is 0 Å². The molecule has 3 fully saturated rings. The summed E-state index contributed by atoms with van der Waals surface area (Å²) in [6.45, 7) is 2.12. The molecule has 1 heterocycles. The summed E-state index contributed by atoms with van der Waals surface area (Å²) in [5.41, 5.74) is -0.726. The van der Waals surface area contributed by atoms with E-state index >= 15 is 0 Å². The molecular weight excluding hydrogens is 204 g/mol. The van der Waals surface area contributed by atoms with E-state index in [2.05, 4.69) is 6.92 Å². The zero-order chi connectivity index (χ0) is 11.2. The van der Waals surface area contributed by atoms with Crippen LogP contribution < -0.4 is 0 Å². The number of fused-ring (bicyclic) bond motifs is 1. The van der Waals surface area contributed by atoms with Crippen molar-refractivity contribution in [2.75, 3.05) is 0 Å². The highest BCUT2D eigenvalue weighted by molar-refractivity contribution is 5.85. The minimum Gasteiger partial charge on any atom is -0.460 e. The summed E-state index contributed by atoms with van der Waals surface area (Å²) in [7, 11) is 0. The zero-order valence-corrected chi connectivity index (χ0v) is 9.96. The van der Waals surface area contributed by atoms with E-state index in [0.29, 0.717) is 0 Å². The molecule has 2 atom stereocenters. The van der Waals surface area contributed by atoms with Gasteiger partial charge in [0.25, 0.3) is 0 Å². The zero-order valence-electron chi connectivity index (χ0n) is 9.96. The molecule has 1 aliphatic heterocycles. The second kappa shape index (κ2) is 3.46. The monoisotopic (exact) mass is 224 g/mol. The van der Waals surface area contributed by atoms with E-state index in [4.69, 9.17) is 9.47 Å². The Labute approximate surface area is 96.5 Å². The SMILES string of the molecule is CCC12CCCCCC1(C(=O)OC1CC1)O2. The number of carbonyl (C=O) groups excluding carboxylic acids is 1. The molecule has 1 saturated heterocycles. The third-order valence-corrected chi connectivity index (χ3v) is 4.37. The quantitative estimate of drug-likeness (QED) is 0.546. The maximum atomic E-state index is 12.2. The third-order valence-electron chi connectivity index (χ3n) is 4.37. The summed E-state index contributed by atoms with van der Waals surface area (Å²) < 4.78 is 11.4. The number of ether oxygens (including phenoxy) is 2. The predicted molar refractivity (Wildman–Crippen MR) is 59.0 cm³/mol. The number of carbonyl (C=O) groups is 1. The van der Waals surface area contributed by atoms with Crippen LogP contribution in [0.1, 0.15) is 58.3 Å². The third kappa shape index (κ3) is 1.41. The van der Waals surface area contributed by atoms with Crippen LogP contribution >= 0.6 is 0 Å². The van der Waals surface area contributed by atoms with Gasteiger partial charge in [0.2, 0.25) is 0 Å². The van der Waals surface area contributed by atoms with Crippen LogP contribution in [0, 0.1) is 0 Å². The fourth-order valence-corrected chi connectivity index (χ4v) is 3.10. The average Bonchev–Trinajstić information content (AvgIpc) is 3.10. The van der Waals surface area contributed by atoms with Gasteiger partial charge in [-0.3, -0.25) is 0 Å².